The summed E-state index contributed by atoms with van der Waals surface area (Å²) in [5, 5.41) is 3.47. The molecule has 0 aromatic heterocycles. The first kappa shape index (κ1) is 19.3. The van der Waals surface area contributed by atoms with Gasteiger partial charge in [0.2, 0.25) is 0 Å². The quantitative estimate of drug-likeness (QED) is 0.572. The maximum Gasteiger partial charge on any atom is 0.00691 e. The summed E-state index contributed by atoms with van der Waals surface area (Å²) in [6.07, 6.45) is 9.39. The Hall–Kier alpha value is -0.0400. The second kappa shape index (κ2) is 12.4. The summed E-state index contributed by atoms with van der Waals surface area (Å²) >= 11 is 0. The van der Waals surface area contributed by atoms with E-state index in [0.717, 1.165) is 6.04 Å². The minimum absolute atomic E-state index is 0.511. The molecule has 1 unspecified atom stereocenters. The van der Waals surface area contributed by atoms with Gasteiger partial charge in [-0.3, -0.25) is 0 Å². The van der Waals surface area contributed by atoms with Crippen molar-refractivity contribution in [2.24, 2.45) is 5.41 Å². The molecule has 0 aliphatic carbocycles. The van der Waals surface area contributed by atoms with Crippen LogP contribution in [0.4, 0.5) is 0 Å². The van der Waals surface area contributed by atoms with Crippen molar-refractivity contribution in [2.75, 3.05) is 7.05 Å². The summed E-state index contributed by atoms with van der Waals surface area (Å²) in [6.45, 7) is 13.4. The van der Waals surface area contributed by atoms with Gasteiger partial charge in [-0.1, -0.05) is 67.2 Å². The summed E-state index contributed by atoms with van der Waals surface area (Å²) in [5.41, 5.74) is 0.511. The van der Waals surface area contributed by atoms with Crippen LogP contribution in [0.15, 0.2) is 0 Å². The second-order valence-corrected chi connectivity index (χ2v) is 5.60. The average Bonchev–Trinajstić information content (AvgIpc) is 2.34. The Labute approximate surface area is 111 Å². The minimum Gasteiger partial charge on any atom is -0.317 e. The van der Waals surface area contributed by atoms with Crippen LogP contribution in [0.2, 0.25) is 0 Å². The van der Waals surface area contributed by atoms with E-state index in [1.807, 2.05) is 13.8 Å². The molecule has 0 fully saturated rings. The Morgan fingerprint density at radius 1 is 1.00 bits per heavy atom. The van der Waals surface area contributed by atoms with Crippen molar-refractivity contribution in [3.63, 3.8) is 0 Å². The van der Waals surface area contributed by atoms with E-state index in [9.17, 15) is 0 Å². The number of hydrogen-bond donors (Lipinski definition) is 1. The molecule has 0 heterocycles. The Kier molecular flexibility index (Phi) is 14.1. The molecule has 0 aromatic rings. The van der Waals surface area contributed by atoms with E-state index in [1.54, 1.807) is 0 Å². The first-order chi connectivity index (χ1) is 8.05. The first-order valence-corrected chi connectivity index (χ1v) is 7.73. The van der Waals surface area contributed by atoms with Crippen LogP contribution in [0.5, 0.6) is 0 Å². The molecular weight excluding hydrogens is 206 g/mol. The second-order valence-electron chi connectivity index (χ2n) is 5.60. The molecule has 17 heavy (non-hydrogen) atoms. The highest BCUT2D eigenvalue weighted by Gasteiger charge is 2.21. The zero-order valence-corrected chi connectivity index (χ0v) is 13.5. The predicted octanol–water partition coefficient (Wildman–Crippen LogP) is 5.40. The molecule has 0 radical (unpaired) electrons. The van der Waals surface area contributed by atoms with Gasteiger partial charge in [0.1, 0.15) is 0 Å². The van der Waals surface area contributed by atoms with E-state index in [0.29, 0.717) is 5.41 Å². The third kappa shape index (κ3) is 12.2. The van der Waals surface area contributed by atoms with E-state index < -0.39 is 0 Å². The maximum absolute atomic E-state index is 3.47. The Balaban J connectivity index is 0. The van der Waals surface area contributed by atoms with Gasteiger partial charge in [0, 0.05) is 6.04 Å². The molecule has 0 saturated carbocycles. The Bertz CT molecular complexity index is 140. The summed E-state index contributed by atoms with van der Waals surface area (Å²) in [6, 6.07) is 0.719. The lowest BCUT2D eigenvalue weighted by molar-refractivity contribution is 0.251. The molecule has 1 heteroatoms. The third-order valence-electron chi connectivity index (χ3n) is 3.32. The van der Waals surface area contributed by atoms with E-state index in [-0.39, 0.29) is 0 Å². The lowest BCUT2D eigenvalue weighted by Crippen LogP contribution is -2.31. The van der Waals surface area contributed by atoms with E-state index in [4.69, 9.17) is 0 Å². The highest BCUT2D eigenvalue weighted by atomic mass is 14.9. The molecule has 0 aromatic carbocycles. The standard InChI is InChI=1S/C14H31N.C2H6/c1-6-8-10-13(15-5)12-14(3,4)11-9-7-2;1-2/h13,15H,6-12H2,1-5H3;1-2H3. The van der Waals surface area contributed by atoms with Crippen molar-refractivity contribution in [3.8, 4) is 0 Å². The average molecular weight is 243 g/mol. The largest absolute Gasteiger partial charge is 0.317 e. The van der Waals surface area contributed by atoms with Gasteiger partial charge < -0.3 is 5.32 Å². The number of rotatable bonds is 9. The molecule has 0 spiro atoms. The predicted molar refractivity (Wildman–Crippen MR) is 81.6 cm³/mol. The molecule has 0 aliphatic heterocycles. The van der Waals surface area contributed by atoms with E-state index in [2.05, 4.69) is 40.1 Å². The van der Waals surface area contributed by atoms with Crippen LogP contribution in [0.25, 0.3) is 0 Å². The zero-order valence-electron chi connectivity index (χ0n) is 13.5. The van der Waals surface area contributed by atoms with Crippen molar-refractivity contribution < 1.29 is 0 Å². The first-order valence-electron chi connectivity index (χ1n) is 7.73. The van der Waals surface area contributed by atoms with Gasteiger partial charge in [0.05, 0.1) is 0 Å². The number of nitrogens with one attached hydrogen (secondary N) is 1. The van der Waals surface area contributed by atoms with Gasteiger partial charge >= 0.3 is 0 Å². The molecule has 0 rings (SSSR count). The molecule has 0 amide bonds. The molecule has 1 nitrogen and oxygen atoms in total. The van der Waals surface area contributed by atoms with Crippen LogP contribution >= 0.6 is 0 Å². The van der Waals surface area contributed by atoms with Crippen LogP contribution in [-0.2, 0) is 0 Å². The summed E-state index contributed by atoms with van der Waals surface area (Å²) in [5.74, 6) is 0. The monoisotopic (exact) mass is 243 g/mol. The van der Waals surface area contributed by atoms with Gasteiger partial charge in [0.25, 0.3) is 0 Å². The lowest BCUT2D eigenvalue weighted by Gasteiger charge is -2.29. The van der Waals surface area contributed by atoms with Gasteiger partial charge in [-0.25, -0.2) is 0 Å². The number of unbranched alkanes of at least 4 members (excludes halogenated alkanes) is 2. The summed E-state index contributed by atoms with van der Waals surface area (Å²) in [4.78, 5) is 0. The van der Waals surface area contributed by atoms with Crippen LogP contribution in [-0.4, -0.2) is 13.1 Å². The fourth-order valence-corrected chi connectivity index (χ4v) is 2.22. The Morgan fingerprint density at radius 2 is 1.53 bits per heavy atom. The molecule has 106 valence electrons. The molecule has 1 atom stereocenters. The Morgan fingerprint density at radius 3 is 1.94 bits per heavy atom. The maximum atomic E-state index is 3.47. The van der Waals surface area contributed by atoms with Crippen molar-refractivity contribution in [1.29, 1.82) is 0 Å². The third-order valence-corrected chi connectivity index (χ3v) is 3.32. The highest BCUT2D eigenvalue weighted by molar-refractivity contribution is 4.76. The minimum atomic E-state index is 0.511. The fraction of sp³-hybridized carbons (Fsp3) is 1.00. The van der Waals surface area contributed by atoms with Crippen molar-refractivity contribution >= 4 is 0 Å². The summed E-state index contributed by atoms with van der Waals surface area (Å²) < 4.78 is 0. The normalized spacial score (nSPS) is 12.9. The molecular formula is C16H37N. The van der Waals surface area contributed by atoms with Gasteiger partial charge in [0.15, 0.2) is 0 Å². The smallest absolute Gasteiger partial charge is 0.00691 e. The molecule has 0 aliphatic rings. The van der Waals surface area contributed by atoms with Crippen LogP contribution in [0.1, 0.15) is 86.5 Å². The van der Waals surface area contributed by atoms with Gasteiger partial charge in [-0.05, 0) is 31.7 Å². The molecule has 0 saturated heterocycles. The SMILES string of the molecule is CC.CCCCC(CC(C)(C)CCCC)NC. The van der Waals surface area contributed by atoms with Gasteiger partial charge in [-0.15, -0.1) is 0 Å². The van der Waals surface area contributed by atoms with E-state index in [1.165, 1.54) is 44.9 Å². The summed E-state index contributed by atoms with van der Waals surface area (Å²) in [7, 11) is 2.11. The molecule has 1 N–H and O–H groups in total. The van der Waals surface area contributed by atoms with Crippen molar-refractivity contribution in [3.05, 3.63) is 0 Å². The van der Waals surface area contributed by atoms with Crippen LogP contribution in [0.3, 0.4) is 0 Å². The van der Waals surface area contributed by atoms with Crippen molar-refractivity contribution in [1.82, 2.24) is 5.32 Å². The lowest BCUT2D eigenvalue weighted by atomic mass is 9.80. The highest BCUT2D eigenvalue weighted by Crippen LogP contribution is 2.30. The topological polar surface area (TPSA) is 12.0 Å². The van der Waals surface area contributed by atoms with Crippen LogP contribution < -0.4 is 5.32 Å². The van der Waals surface area contributed by atoms with Crippen LogP contribution in [0, 0.1) is 5.41 Å². The number of hydrogen-bond acceptors (Lipinski definition) is 1. The van der Waals surface area contributed by atoms with Gasteiger partial charge in [-0.2, -0.15) is 0 Å². The van der Waals surface area contributed by atoms with Crippen molar-refractivity contribution in [2.45, 2.75) is 92.5 Å². The van der Waals surface area contributed by atoms with E-state index >= 15 is 0 Å². The zero-order chi connectivity index (χ0) is 13.7. The molecule has 0 bridgehead atoms. The fourth-order valence-electron chi connectivity index (χ4n) is 2.22.